The molecule has 0 aliphatic heterocycles. The third-order valence-corrected chi connectivity index (χ3v) is 1.17. The van der Waals surface area contributed by atoms with Crippen molar-refractivity contribution >= 4 is 17.7 Å². The molecule has 0 aromatic rings. The van der Waals surface area contributed by atoms with Crippen LogP contribution in [0.25, 0.3) is 0 Å². The second kappa shape index (κ2) is 5.35. The number of halogens is 1. The summed E-state index contributed by atoms with van der Waals surface area (Å²) in [7, 11) is 1.65. The molecule has 0 saturated heterocycles. The summed E-state index contributed by atoms with van der Waals surface area (Å²) in [5.41, 5.74) is 0. The van der Waals surface area contributed by atoms with Gasteiger partial charge in [0.2, 0.25) is 0 Å². The van der Waals surface area contributed by atoms with Gasteiger partial charge in [-0.2, -0.15) is 0 Å². The summed E-state index contributed by atoms with van der Waals surface area (Å²) >= 11 is 5.39. The zero-order chi connectivity index (χ0) is 7.98. The average molecular weight is 166 g/mol. The third kappa shape index (κ3) is 3.56. The molecule has 0 heterocycles. The molecule has 10 heavy (non-hydrogen) atoms. The van der Waals surface area contributed by atoms with Gasteiger partial charge in [0, 0.05) is 19.5 Å². The molecule has 0 spiro atoms. The lowest BCUT2D eigenvalue weighted by Crippen LogP contribution is -2.29. The minimum Gasteiger partial charge on any atom is -0.450 e. The van der Waals surface area contributed by atoms with E-state index in [0.717, 1.165) is 0 Å². The summed E-state index contributed by atoms with van der Waals surface area (Å²) < 4.78 is 4.68. The molecule has 0 aliphatic carbocycles. The maximum atomic E-state index is 10.8. The summed E-state index contributed by atoms with van der Waals surface area (Å²) in [4.78, 5) is 12.2. The van der Waals surface area contributed by atoms with Gasteiger partial charge in [0.05, 0.1) is 6.61 Å². The van der Waals surface area contributed by atoms with Gasteiger partial charge in [-0.15, -0.1) is 11.6 Å². The van der Waals surface area contributed by atoms with Crippen molar-refractivity contribution in [2.75, 3.05) is 26.1 Å². The van der Waals surface area contributed by atoms with Crippen molar-refractivity contribution in [2.24, 2.45) is 0 Å². The number of alkyl halides is 1. The Labute approximate surface area is 65.9 Å². The Hall–Kier alpha value is -0.440. The Morgan fingerprint density at radius 2 is 2.30 bits per heavy atom. The summed E-state index contributed by atoms with van der Waals surface area (Å²) in [5.74, 6) is 0.440. The van der Waals surface area contributed by atoms with Gasteiger partial charge in [-0.1, -0.05) is 0 Å². The van der Waals surface area contributed by atoms with Gasteiger partial charge in [-0.25, -0.2) is 4.79 Å². The van der Waals surface area contributed by atoms with E-state index in [1.807, 2.05) is 0 Å². The highest BCUT2D eigenvalue weighted by atomic mass is 35.5. The van der Waals surface area contributed by atoms with Crippen molar-refractivity contribution in [1.82, 2.24) is 4.90 Å². The standard InChI is InChI=1S/C6H12ClNO2/c1-3-10-6(9)8(2)5-4-7/h3-5H2,1-2H3. The molecule has 0 aromatic carbocycles. The first-order valence-electron chi connectivity index (χ1n) is 3.16. The van der Waals surface area contributed by atoms with E-state index in [1.165, 1.54) is 4.90 Å². The molecule has 0 rings (SSSR count). The molecule has 1 amide bonds. The first-order chi connectivity index (χ1) is 4.72. The van der Waals surface area contributed by atoms with Crippen LogP contribution in [-0.2, 0) is 4.74 Å². The fourth-order valence-electron chi connectivity index (χ4n) is 0.452. The van der Waals surface area contributed by atoms with Crippen molar-refractivity contribution in [3.63, 3.8) is 0 Å². The number of ether oxygens (including phenoxy) is 1. The Morgan fingerprint density at radius 3 is 2.70 bits per heavy atom. The molecule has 0 saturated carbocycles. The molecule has 0 fully saturated rings. The predicted octanol–water partition coefficient (Wildman–Crippen LogP) is 1.31. The van der Waals surface area contributed by atoms with Crippen LogP contribution in [0.1, 0.15) is 6.92 Å². The van der Waals surface area contributed by atoms with Crippen LogP contribution in [0.2, 0.25) is 0 Å². The normalized spacial score (nSPS) is 9.10. The number of rotatable bonds is 3. The van der Waals surface area contributed by atoms with Gasteiger partial charge in [0.15, 0.2) is 0 Å². The Bertz CT molecular complexity index is 108. The van der Waals surface area contributed by atoms with Crippen LogP contribution < -0.4 is 0 Å². The van der Waals surface area contributed by atoms with Gasteiger partial charge in [0.25, 0.3) is 0 Å². The zero-order valence-corrected chi connectivity index (χ0v) is 7.02. The minimum absolute atomic E-state index is 0.317. The first kappa shape index (κ1) is 9.56. The average Bonchev–Trinajstić information content (AvgIpc) is 1.89. The van der Waals surface area contributed by atoms with E-state index in [2.05, 4.69) is 4.74 Å². The molecular weight excluding hydrogens is 154 g/mol. The highest BCUT2D eigenvalue weighted by Gasteiger charge is 2.06. The summed E-state index contributed by atoms with van der Waals surface area (Å²) in [6.45, 7) is 2.71. The summed E-state index contributed by atoms with van der Waals surface area (Å²) in [6.07, 6.45) is -0.317. The van der Waals surface area contributed by atoms with Gasteiger partial charge >= 0.3 is 6.09 Å². The highest BCUT2D eigenvalue weighted by molar-refractivity contribution is 6.18. The van der Waals surface area contributed by atoms with Crippen molar-refractivity contribution in [3.05, 3.63) is 0 Å². The van der Waals surface area contributed by atoms with Gasteiger partial charge in [-0.3, -0.25) is 0 Å². The van der Waals surface area contributed by atoms with Crippen LogP contribution in [0.5, 0.6) is 0 Å². The molecule has 0 N–H and O–H groups in total. The van der Waals surface area contributed by atoms with Gasteiger partial charge < -0.3 is 9.64 Å². The van der Waals surface area contributed by atoms with Gasteiger partial charge in [-0.05, 0) is 6.92 Å². The zero-order valence-electron chi connectivity index (χ0n) is 6.26. The van der Waals surface area contributed by atoms with E-state index < -0.39 is 0 Å². The predicted molar refractivity (Wildman–Crippen MR) is 40.4 cm³/mol. The maximum Gasteiger partial charge on any atom is 0.409 e. The number of hydrogen-bond donors (Lipinski definition) is 0. The molecule has 0 bridgehead atoms. The smallest absolute Gasteiger partial charge is 0.409 e. The highest BCUT2D eigenvalue weighted by Crippen LogP contribution is 1.89. The Balaban J connectivity index is 3.49. The Kier molecular flexibility index (Phi) is 5.12. The fourth-order valence-corrected chi connectivity index (χ4v) is 0.705. The van der Waals surface area contributed by atoms with Crippen molar-refractivity contribution in [2.45, 2.75) is 6.92 Å². The van der Waals surface area contributed by atoms with Crippen LogP contribution >= 0.6 is 11.6 Å². The van der Waals surface area contributed by atoms with Crippen LogP contribution in [0.3, 0.4) is 0 Å². The molecule has 0 unspecified atom stereocenters. The van der Waals surface area contributed by atoms with Crippen LogP contribution in [-0.4, -0.2) is 37.1 Å². The topological polar surface area (TPSA) is 29.5 Å². The van der Waals surface area contributed by atoms with E-state index in [1.54, 1.807) is 14.0 Å². The largest absolute Gasteiger partial charge is 0.450 e. The van der Waals surface area contributed by atoms with Crippen LogP contribution in [0.15, 0.2) is 0 Å². The lowest BCUT2D eigenvalue weighted by Gasteiger charge is -2.13. The van der Waals surface area contributed by atoms with E-state index in [-0.39, 0.29) is 6.09 Å². The van der Waals surface area contributed by atoms with Gasteiger partial charge in [0.1, 0.15) is 0 Å². The molecule has 0 radical (unpaired) electrons. The van der Waals surface area contributed by atoms with E-state index in [9.17, 15) is 4.79 Å². The second-order valence-corrected chi connectivity index (χ2v) is 2.19. The number of hydrogen-bond acceptors (Lipinski definition) is 2. The van der Waals surface area contributed by atoms with Crippen molar-refractivity contribution in [1.29, 1.82) is 0 Å². The number of amides is 1. The van der Waals surface area contributed by atoms with Crippen LogP contribution in [0, 0.1) is 0 Å². The van der Waals surface area contributed by atoms with E-state index in [4.69, 9.17) is 11.6 Å². The SMILES string of the molecule is CCOC(=O)N(C)CCCl. The lowest BCUT2D eigenvalue weighted by molar-refractivity contribution is 0.118. The minimum atomic E-state index is -0.317. The fraction of sp³-hybridized carbons (Fsp3) is 0.833. The van der Waals surface area contributed by atoms with E-state index in [0.29, 0.717) is 19.0 Å². The molecule has 0 aromatic heterocycles. The monoisotopic (exact) mass is 165 g/mol. The molecular formula is C6H12ClNO2. The number of carbonyl (C=O) groups excluding carboxylic acids is 1. The maximum absolute atomic E-state index is 10.8. The lowest BCUT2D eigenvalue weighted by atomic mass is 10.6. The summed E-state index contributed by atoms with van der Waals surface area (Å²) in [5, 5.41) is 0. The number of carbonyl (C=O) groups is 1. The molecule has 60 valence electrons. The van der Waals surface area contributed by atoms with Crippen LogP contribution in [0.4, 0.5) is 4.79 Å². The number of nitrogens with zero attached hydrogens (tertiary/aromatic N) is 1. The van der Waals surface area contributed by atoms with Crippen molar-refractivity contribution < 1.29 is 9.53 Å². The Morgan fingerprint density at radius 1 is 1.70 bits per heavy atom. The third-order valence-electron chi connectivity index (χ3n) is 0.999. The molecule has 0 aliphatic rings. The molecule has 3 nitrogen and oxygen atoms in total. The molecule has 0 atom stereocenters. The summed E-state index contributed by atoms with van der Waals surface area (Å²) in [6, 6.07) is 0. The van der Waals surface area contributed by atoms with E-state index >= 15 is 0 Å². The van der Waals surface area contributed by atoms with Crippen molar-refractivity contribution in [3.8, 4) is 0 Å². The quantitative estimate of drug-likeness (QED) is 0.591. The first-order valence-corrected chi connectivity index (χ1v) is 3.69. The second-order valence-electron chi connectivity index (χ2n) is 1.81. The molecule has 4 heteroatoms.